The number of benzene rings is 3. The van der Waals surface area contributed by atoms with E-state index in [1.54, 1.807) is 55.6 Å². The van der Waals surface area contributed by atoms with Gasteiger partial charge in [-0.3, -0.25) is 14.2 Å². The average molecular weight is 492 g/mol. The number of carbonyl (C=O) groups is 1. The van der Waals surface area contributed by atoms with Gasteiger partial charge in [0.05, 0.1) is 45.0 Å². The summed E-state index contributed by atoms with van der Waals surface area (Å²) in [4.78, 5) is 40.0. The van der Waals surface area contributed by atoms with E-state index in [1.165, 1.54) is 38.0 Å². The normalized spacial score (nSPS) is 10.7. The predicted molar refractivity (Wildman–Crippen MR) is 135 cm³/mol. The number of aromatic nitrogens is 2. The quantitative estimate of drug-likeness (QED) is 0.404. The average Bonchev–Trinajstić information content (AvgIpc) is 2.90. The van der Waals surface area contributed by atoms with E-state index in [0.717, 1.165) is 4.57 Å². The van der Waals surface area contributed by atoms with Gasteiger partial charge < -0.3 is 24.3 Å². The molecule has 0 fully saturated rings. The van der Waals surface area contributed by atoms with Crippen LogP contribution in [-0.2, 0) is 11.3 Å². The van der Waals surface area contributed by atoms with Crippen LogP contribution in [0.1, 0.15) is 0 Å². The number of para-hydroxylation sites is 1. The second-order valence-electron chi connectivity index (χ2n) is 7.69. The van der Waals surface area contributed by atoms with Crippen LogP contribution in [0, 0.1) is 0 Å². The first-order chi connectivity index (χ1) is 17.4. The molecule has 0 saturated heterocycles. The largest absolute Gasteiger partial charge is 0.497 e. The molecule has 3 aromatic carbocycles. The van der Waals surface area contributed by atoms with Crippen molar-refractivity contribution in [2.24, 2.45) is 0 Å². The Kier molecular flexibility index (Phi) is 6.95. The first-order valence-corrected chi connectivity index (χ1v) is 10.9. The van der Waals surface area contributed by atoms with Gasteiger partial charge in [0.25, 0.3) is 5.56 Å². The lowest BCUT2D eigenvalue weighted by atomic mass is 10.2. The first kappa shape index (κ1) is 24.4. The van der Waals surface area contributed by atoms with Gasteiger partial charge in [-0.05, 0) is 36.4 Å². The fourth-order valence-corrected chi connectivity index (χ4v) is 3.92. The standard InChI is InChI=1S/C26H25N3O7/c1-33-18-11-9-16(10-12-18)27-23(30)15-28-20-8-6-5-7-19(20)25(31)29(26(28)32)17-13-21(34-2)24(36-4)22(14-17)35-3/h5-14H,15H2,1-4H3,(H,27,30). The van der Waals surface area contributed by atoms with Crippen LogP contribution >= 0.6 is 0 Å². The molecule has 1 heterocycles. The summed E-state index contributed by atoms with van der Waals surface area (Å²) in [5.41, 5.74) is -0.165. The zero-order chi connectivity index (χ0) is 25.8. The summed E-state index contributed by atoms with van der Waals surface area (Å²) < 4.78 is 23.5. The van der Waals surface area contributed by atoms with Crippen molar-refractivity contribution in [3.63, 3.8) is 0 Å². The smallest absolute Gasteiger partial charge is 0.336 e. The molecule has 186 valence electrons. The van der Waals surface area contributed by atoms with Crippen LogP contribution in [0.3, 0.4) is 0 Å². The van der Waals surface area contributed by atoms with E-state index in [2.05, 4.69) is 5.32 Å². The molecule has 0 atom stereocenters. The zero-order valence-corrected chi connectivity index (χ0v) is 20.2. The molecule has 0 spiro atoms. The van der Waals surface area contributed by atoms with Crippen molar-refractivity contribution < 1.29 is 23.7 Å². The van der Waals surface area contributed by atoms with Gasteiger partial charge in [-0.15, -0.1) is 0 Å². The molecule has 1 N–H and O–H groups in total. The van der Waals surface area contributed by atoms with Crippen LogP contribution in [0.5, 0.6) is 23.0 Å². The Labute approximate surface area is 206 Å². The number of methoxy groups -OCH3 is 4. The molecular weight excluding hydrogens is 466 g/mol. The molecule has 0 aliphatic rings. The van der Waals surface area contributed by atoms with Crippen molar-refractivity contribution in [1.29, 1.82) is 0 Å². The van der Waals surface area contributed by atoms with E-state index in [1.807, 2.05) is 0 Å². The van der Waals surface area contributed by atoms with Crippen molar-refractivity contribution >= 4 is 22.5 Å². The molecule has 1 aromatic heterocycles. The van der Waals surface area contributed by atoms with Crippen LogP contribution in [-0.4, -0.2) is 43.5 Å². The fourth-order valence-electron chi connectivity index (χ4n) is 3.92. The molecule has 1 amide bonds. The van der Waals surface area contributed by atoms with Crippen molar-refractivity contribution in [2.45, 2.75) is 6.54 Å². The molecule has 4 rings (SSSR count). The third-order valence-electron chi connectivity index (χ3n) is 5.63. The van der Waals surface area contributed by atoms with Crippen molar-refractivity contribution in [3.05, 3.63) is 81.5 Å². The molecule has 0 bridgehead atoms. The first-order valence-electron chi connectivity index (χ1n) is 10.9. The van der Waals surface area contributed by atoms with Crippen LogP contribution in [0.2, 0.25) is 0 Å². The van der Waals surface area contributed by atoms with E-state index < -0.39 is 17.2 Å². The van der Waals surface area contributed by atoms with Crippen molar-refractivity contribution in [2.75, 3.05) is 33.8 Å². The molecule has 0 unspecified atom stereocenters. The maximum absolute atomic E-state index is 13.6. The third-order valence-corrected chi connectivity index (χ3v) is 5.63. The maximum atomic E-state index is 13.6. The lowest BCUT2D eigenvalue weighted by Gasteiger charge is -2.17. The van der Waals surface area contributed by atoms with Gasteiger partial charge in [0.15, 0.2) is 11.5 Å². The van der Waals surface area contributed by atoms with Crippen LogP contribution < -0.4 is 35.5 Å². The van der Waals surface area contributed by atoms with Crippen LogP contribution in [0.25, 0.3) is 16.6 Å². The van der Waals surface area contributed by atoms with E-state index in [9.17, 15) is 14.4 Å². The Bertz CT molecular complexity index is 1510. The van der Waals surface area contributed by atoms with Gasteiger partial charge in [0.1, 0.15) is 12.3 Å². The van der Waals surface area contributed by atoms with Gasteiger partial charge in [0, 0.05) is 17.8 Å². The molecule has 4 aromatic rings. The second kappa shape index (κ2) is 10.3. The minimum absolute atomic E-state index is 0.203. The Morgan fingerprint density at radius 1 is 0.833 bits per heavy atom. The van der Waals surface area contributed by atoms with Crippen LogP contribution in [0.4, 0.5) is 5.69 Å². The number of amides is 1. The van der Waals surface area contributed by atoms with E-state index in [4.69, 9.17) is 18.9 Å². The summed E-state index contributed by atoms with van der Waals surface area (Å²) >= 11 is 0. The summed E-state index contributed by atoms with van der Waals surface area (Å²) in [5, 5.41) is 3.03. The summed E-state index contributed by atoms with van der Waals surface area (Å²) in [7, 11) is 5.88. The Hall–Kier alpha value is -4.73. The molecule has 10 heteroatoms. The van der Waals surface area contributed by atoms with Gasteiger partial charge in [-0.25, -0.2) is 9.36 Å². The number of ether oxygens (including phenoxy) is 4. The number of rotatable bonds is 8. The summed E-state index contributed by atoms with van der Waals surface area (Å²) in [6, 6.07) is 16.4. The predicted octanol–water partition coefficient (Wildman–Crippen LogP) is 2.83. The highest BCUT2D eigenvalue weighted by molar-refractivity contribution is 5.91. The van der Waals surface area contributed by atoms with Gasteiger partial charge in [-0.1, -0.05) is 12.1 Å². The molecule has 0 aliphatic heterocycles. The van der Waals surface area contributed by atoms with Crippen molar-refractivity contribution in [1.82, 2.24) is 9.13 Å². The van der Waals surface area contributed by atoms with E-state index >= 15 is 0 Å². The zero-order valence-electron chi connectivity index (χ0n) is 20.2. The van der Waals surface area contributed by atoms with E-state index in [-0.39, 0.29) is 29.1 Å². The number of nitrogens with zero attached hydrogens (tertiary/aromatic N) is 2. The van der Waals surface area contributed by atoms with Gasteiger partial charge in [-0.2, -0.15) is 0 Å². The minimum atomic E-state index is -0.696. The summed E-state index contributed by atoms with van der Waals surface area (Å²) in [6.07, 6.45) is 0. The second-order valence-corrected chi connectivity index (χ2v) is 7.69. The van der Waals surface area contributed by atoms with Crippen LogP contribution in [0.15, 0.2) is 70.3 Å². The topological polar surface area (TPSA) is 110 Å². The molecule has 0 radical (unpaired) electrons. The molecular formula is C26H25N3O7. The Morgan fingerprint density at radius 3 is 2.06 bits per heavy atom. The van der Waals surface area contributed by atoms with Gasteiger partial charge >= 0.3 is 5.69 Å². The number of hydrogen-bond donors (Lipinski definition) is 1. The number of nitrogens with one attached hydrogen (secondary N) is 1. The van der Waals surface area contributed by atoms with Gasteiger partial charge in [0.2, 0.25) is 11.7 Å². The highest BCUT2D eigenvalue weighted by Crippen LogP contribution is 2.38. The summed E-state index contributed by atoms with van der Waals surface area (Å²) in [6.45, 7) is -0.323. The molecule has 0 saturated carbocycles. The maximum Gasteiger partial charge on any atom is 0.336 e. The lowest BCUT2D eigenvalue weighted by molar-refractivity contribution is -0.116. The highest BCUT2D eigenvalue weighted by atomic mass is 16.5. The summed E-state index contributed by atoms with van der Waals surface area (Å²) in [5.74, 6) is 1.07. The minimum Gasteiger partial charge on any atom is -0.497 e. The number of anilines is 1. The highest BCUT2D eigenvalue weighted by Gasteiger charge is 2.20. The molecule has 0 aliphatic carbocycles. The molecule has 10 nitrogen and oxygen atoms in total. The third kappa shape index (κ3) is 4.48. The number of hydrogen-bond acceptors (Lipinski definition) is 7. The monoisotopic (exact) mass is 491 g/mol. The fraction of sp³-hybridized carbons (Fsp3) is 0.192. The Morgan fingerprint density at radius 2 is 1.47 bits per heavy atom. The number of fused-ring (bicyclic) bond motifs is 1. The SMILES string of the molecule is COc1ccc(NC(=O)Cn2c(=O)n(-c3cc(OC)c(OC)c(OC)c3)c(=O)c3ccccc32)cc1. The lowest BCUT2D eigenvalue weighted by Crippen LogP contribution is -2.40. The van der Waals surface area contributed by atoms with E-state index in [0.29, 0.717) is 22.7 Å². The molecule has 36 heavy (non-hydrogen) atoms. The Balaban J connectivity index is 1.84. The van der Waals surface area contributed by atoms with Crippen molar-refractivity contribution in [3.8, 4) is 28.7 Å². The number of carbonyl (C=O) groups excluding carboxylic acids is 1.